The van der Waals surface area contributed by atoms with Crippen LogP contribution in [0.3, 0.4) is 0 Å². The van der Waals surface area contributed by atoms with Gasteiger partial charge in [-0.15, -0.1) is 0 Å². The lowest BCUT2D eigenvalue weighted by Gasteiger charge is -2.38. The van der Waals surface area contributed by atoms with Gasteiger partial charge in [0.2, 0.25) is 0 Å². The van der Waals surface area contributed by atoms with Crippen molar-refractivity contribution in [2.24, 2.45) is 0 Å². The zero-order chi connectivity index (χ0) is 31.8. The highest BCUT2D eigenvalue weighted by molar-refractivity contribution is 6.08. The number of alkyl halides is 3. The molecule has 2 aliphatic heterocycles. The summed E-state index contributed by atoms with van der Waals surface area (Å²) in [6, 6.07) is 26.6. The predicted octanol–water partition coefficient (Wildman–Crippen LogP) is 9.49. The molecule has 8 rings (SSSR count). The van der Waals surface area contributed by atoms with E-state index in [-0.39, 0.29) is 5.82 Å². The summed E-state index contributed by atoms with van der Waals surface area (Å²) < 4.78 is 68.5. The maximum Gasteiger partial charge on any atom is 0.416 e. The van der Waals surface area contributed by atoms with E-state index in [1.807, 2.05) is 50.3 Å². The van der Waals surface area contributed by atoms with Crippen LogP contribution in [0.5, 0.6) is 5.75 Å². The molecule has 0 radical (unpaired) electrons. The van der Waals surface area contributed by atoms with Crippen molar-refractivity contribution >= 4 is 22.5 Å². The number of nitrogens with zero attached hydrogens (tertiary/aromatic N) is 1. The van der Waals surface area contributed by atoms with Crippen molar-refractivity contribution in [1.29, 1.82) is 0 Å². The van der Waals surface area contributed by atoms with E-state index in [1.165, 1.54) is 24.3 Å². The highest BCUT2D eigenvalue weighted by Gasteiger charge is 2.45. The Bertz CT molecular complexity index is 2020. The van der Waals surface area contributed by atoms with Crippen LogP contribution < -0.4 is 9.64 Å². The number of fused-ring (bicyclic) bond motifs is 8. The van der Waals surface area contributed by atoms with Gasteiger partial charge in [-0.05, 0) is 70.1 Å². The minimum absolute atomic E-state index is 0.345. The van der Waals surface area contributed by atoms with Gasteiger partial charge in [-0.25, -0.2) is 4.39 Å². The Balaban J connectivity index is 1.34. The fourth-order valence-electron chi connectivity index (χ4n) is 7.53. The van der Waals surface area contributed by atoms with Gasteiger partial charge in [0.15, 0.2) is 5.60 Å². The molecule has 232 valence electrons. The molecule has 3 aliphatic rings. The zero-order valence-electron chi connectivity index (χ0n) is 25.4. The number of rotatable bonds is 3. The summed E-state index contributed by atoms with van der Waals surface area (Å²) in [7, 11) is 0. The van der Waals surface area contributed by atoms with Crippen LogP contribution in [0, 0.1) is 5.82 Å². The molecular weight excluding hydrogens is 590 g/mol. The summed E-state index contributed by atoms with van der Waals surface area (Å²) in [5, 5.41) is 1.77. The van der Waals surface area contributed by atoms with Gasteiger partial charge < -0.3 is 14.4 Å². The Morgan fingerprint density at radius 1 is 0.783 bits per heavy atom. The summed E-state index contributed by atoms with van der Waals surface area (Å²) in [6.07, 6.45) is -0.403. The lowest BCUT2D eigenvalue weighted by atomic mass is 9.76. The van der Waals surface area contributed by atoms with Gasteiger partial charge in [0.25, 0.3) is 0 Å². The van der Waals surface area contributed by atoms with Crippen LogP contribution in [0.2, 0.25) is 0 Å². The Kier molecular flexibility index (Phi) is 6.39. The van der Waals surface area contributed by atoms with E-state index in [0.29, 0.717) is 24.5 Å². The molecule has 2 heterocycles. The van der Waals surface area contributed by atoms with Crippen molar-refractivity contribution in [3.63, 3.8) is 0 Å². The average Bonchev–Trinajstić information content (AvgIpc) is 3.31. The molecule has 0 saturated carbocycles. The number of ether oxygens (including phenoxy) is 2. The van der Waals surface area contributed by atoms with Crippen molar-refractivity contribution in [2.45, 2.75) is 31.0 Å². The summed E-state index contributed by atoms with van der Waals surface area (Å²) in [5.74, 6) is 0.304. The van der Waals surface area contributed by atoms with E-state index >= 15 is 0 Å². The Morgan fingerprint density at radius 2 is 1.43 bits per heavy atom. The van der Waals surface area contributed by atoms with Gasteiger partial charge in [-0.2, -0.15) is 13.2 Å². The van der Waals surface area contributed by atoms with Gasteiger partial charge >= 0.3 is 6.18 Å². The molecule has 1 aliphatic carbocycles. The average molecular weight is 622 g/mol. The highest BCUT2D eigenvalue weighted by atomic mass is 19.4. The SMILES string of the molecule is CC1(C)c2cc(C(F)(F)F)ccc2-c2c1c1c(c3ccccc23)OC(c2ccc(F)cc2)(c2ccc(N3CCOCC3)cc2)C=C1. The molecule has 0 amide bonds. The van der Waals surface area contributed by atoms with Gasteiger partial charge in [-0.3, -0.25) is 0 Å². The van der Waals surface area contributed by atoms with Crippen LogP contribution in [-0.2, 0) is 21.9 Å². The smallest absolute Gasteiger partial charge is 0.416 e. The molecule has 7 heteroatoms. The second-order valence-electron chi connectivity index (χ2n) is 12.7. The lowest BCUT2D eigenvalue weighted by Crippen LogP contribution is -2.37. The van der Waals surface area contributed by atoms with Crippen molar-refractivity contribution in [3.05, 3.63) is 136 Å². The molecule has 5 aromatic carbocycles. The third-order valence-corrected chi connectivity index (χ3v) is 9.81. The van der Waals surface area contributed by atoms with E-state index < -0.39 is 22.8 Å². The van der Waals surface area contributed by atoms with E-state index in [9.17, 15) is 17.6 Å². The van der Waals surface area contributed by atoms with Crippen LogP contribution in [0.15, 0.2) is 97.1 Å². The van der Waals surface area contributed by atoms with E-state index in [2.05, 4.69) is 29.2 Å². The molecule has 1 unspecified atom stereocenters. The molecule has 0 bridgehead atoms. The number of halogens is 4. The number of hydrogen-bond acceptors (Lipinski definition) is 3. The number of benzene rings is 5. The fourth-order valence-corrected chi connectivity index (χ4v) is 7.53. The van der Waals surface area contributed by atoms with Crippen LogP contribution in [0.1, 0.15) is 47.2 Å². The minimum atomic E-state index is -4.45. The summed E-state index contributed by atoms with van der Waals surface area (Å²) >= 11 is 0. The Hall–Kier alpha value is -4.62. The normalized spacial score (nSPS) is 19.8. The van der Waals surface area contributed by atoms with E-state index in [1.54, 1.807) is 18.2 Å². The predicted molar refractivity (Wildman–Crippen MR) is 173 cm³/mol. The number of hydrogen-bond donors (Lipinski definition) is 0. The quantitative estimate of drug-likeness (QED) is 0.187. The fraction of sp³-hybridized carbons (Fsp3) is 0.231. The molecule has 5 aromatic rings. The second-order valence-corrected chi connectivity index (χ2v) is 12.7. The first-order chi connectivity index (χ1) is 22.1. The topological polar surface area (TPSA) is 21.7 Å². The number of anilines is 1. The lowest BCUT2D eigenvalue weighted by molar-refractivity contribution is -0.137. The maximum atomic E-state index is 14.2. The molecule has 3 nitrogen and oxygen atoms in total. The highest BCUT2D eigenvalue weighted by Crippen LogP contribution is 2.58. The molecule has 46 heavy (non-hydrogen) atoms. The molecular formula is C39H31F4NO2. The van der Waals surface area contributed by atoms with Crippen LogP contribution in [-0.4, -0.2) is 26.3 Å². The molecule has 0 N–H and O–H groups in total. The first-order valence-electron chi connectivity index (χ1n) is 15.5. The van der Waals surface area contributed by atoms with Crippen molar-refractivity contribution in [3.8, 4) is 16.9 Å². The Labute approximate surface area is 264 Å². The molecule has 1 saturated heterocycles. The van der Waals surface area contributed by atoms with Crippen molar-refractivity contribution in [1.82, 2.24) is 0 Å². The first kappa shape index (κ1) is 28.8. The van der Waals surface area contributed by atoms with Gasteiger partial charge in [0.05, 0.1) is 18.8 Å². The van der Waals surface area contributed by atoms with E-state index in [0.717, 1.165) is 62.9 Å². The maximum absolute atomic E-state index is 14.2. The summed E-state index contributed by atoms with van der Waals surface area (Å²) in [4.78, 5) is 2.28. The number of morpholine rings is 1. The summed E-state index contributed by atoms with van der Waals surface area (Å²) in [6.45, 7) is 6.94. The summed E-state index contributed by atoms with van der Waals surface area (Å²) in [5.41, 5.74) is 4.39. The van der Waals surface area contributed by atoms with Gasteiger partial charge in [0, 0.05) is 46.3 Å². The van der Waals surface area contributed by atoms with Crippen LogP contribution >= 0.6 is 0 Å². The van der Waals surface area contributed by atoms with Crippen LogP contribution in [0.25, 0.3) is 28.0 Å². The van der Waals surface area contributed by atoms with E-state index in [4.69, 9.17) is 9.47 Å². The third kappa shape index (κ3) is 4.28. The van der Waals surface area contributed by atoms with Gasteiger partial charge in [0.1, 0.15) is 11.6 Å². The third-order valence-electron chi connectivity index (χ3n) is 9.81. The largest absolute Gasteiger partial charge is 0.472 e. The second kappa shape index (κ2) is 10.2. The van der Waals surface area contributed by atoms with Crippen molar-refractivity contribution < 1.29 is 27.0 Å². The standard InChI is InChI=1S/C39H31F4NO2/c1-37(2)33-23-26(39(41,42)43)11-16-31(33)34-29-5-3-4-6-30(29)36-32(35(34)37)17-18-38(46-36,24-7-12-27(40)13-8-24)25-9-14-28(15-10-25)44-19-21-45-22-20-44/h3-18,23H,19-22H2,1-2H3. The minimum Gasteiger partial charge on any atom is -0.472 e. The van der Waals surface area contributed by atoms with Gasteiger partial charge in [-0.1, -0.05) is 74.5 Å². The monoisotopic (exact) mass is 621 g/mol. The van der Waals surface area contributed by atoms with Crippen molar-refractivity contribution in [2.75, 3.05) is 31.2 Å². The molecule has 0 spiro atoms. The van der Waals surface area contributed by atoms with Crippen LogP contribution in [0.4, 0.5) is 23.2 Å². The molecule has 0 aromatic heterocycles. The first-order valence-corrected chi connectivity index (χ1v) is 15.5. The Morgan fingerprint density at radius 3 is 2.11 bits per heavy atom. The zero-order valence-corrected chi connectivity index (χ0v) is 25.4. The molecule has 1 fully saturated rings. The molecule has 1 atom stereocenters.